The maximum atomic E-state index is 11.8. The first kappa shape index (κ1) is 10.7. The van der Waals surface area contributed by atoms with Gasteiger partial charge in [-0.15, -0.1) is 0 Å². The molecule has 0 aliphatic rings. The summed E-state index contributed by atoms with van der Waals surface area (Å²) >= 11 is 0. The summed E-state index contributed by atoms with van der Waals surface area (Å²) in [6.45, 7) is 0.347. The van der Waals surface area contributed by atoms with E-state index in [4.69, 9.17) is 10.2 Å². The van der Waals surface area contributed by atoms with Crippen molar-refractivity contribution in [2.75, 3.05) is 6.61 Å². The van der Waals surface area contributed by atoms with E-state index in [1.54, 1.807) is 0 Å². The molecule has 0 bridgehead atoms. The molecular formula is C6H11F3O2. The highest BCUT2D eigenvalue weighted by Crippen LogP contribution is 2.28. The monoisotopic (exact) mass is 172 g/mol. The van der Waals surface area contributed by atoms with Crippen LogP contribution in [-0.4, -0.2) is 29.1 Å². The van der Waals surface area contributed by atoms with E-state index in [1.165, 1.54) is 0 Å². The summed E-state index contributed by atoms with van der Waals surface area (Å²) < 4.78 is 35.3. The average Bonchev–Trinajstić information content (AvgIpc) is 1.85. The van der Waals surface area contributed by atoms with Crippen LogP contribution in [0.1, 0.15) is 13.3 Å². The Balaban J connectivity index is 3.77. The molecule has 0 rings (SSSR count). The molecule has 0 aromatic carbocycles. The molecule has 0 fully saturated rings. The highest BCUT2D eigenvalue weighted by atomic mass is 19.4. The van der Waals surface area contributed by atoms with Crippen LogP contribution < -0.4 is 0 Å². The molecule has 0 amide bonds. The van der Waals surface area contributed by atoms with Crippen molar-refractivity contribution in [2.24, 2.45) is 5.92 Å². The molecule has 0 saturated carbocycles. The molecular weight excluding hydrogens is 161 g/mol. The standard InChI is InChI=1S/C6H11F3O2/c1-4(6(7,8)9)2-5(11)3-10/h4-5,10-11H,2-3H2,1H3. The Kier molecular flexibility index (Phi) is 3.82. The summed E-state index contributed by atoms with van der Waals surface area (Å²) in [5.41, 5.74) is 0. The van der Waals surface area contributed by atoms with E-state index in [9.17, 15) is 13.2 Å². The van der Waals surface area contributed by atoms with Crippen LogP contribution in [-0.2, 0) is 0 Å². The molecule has 0 heterocycles. The topological polar surface area (TPSA) is 40.5 Å². The van der Waals surface area contributed by atoms with E-state index in [2.05, 4.69) is 0 Å². The van der Waals surface area contributed by atoms with Gasteiger partial charge in [0.2, 0.25) is 0 Å². The van der Waals surface area contributed by atoms with Crippen LogP contribution in [0.15, 0.2) is 0 Å². The Morgan fingerprint density at radius 3 is 2.09 bits per heavy atom. The second-order valence-electron chi connectivity index (χ2n) is 2.51. The SMILES string of the molecule is CC(CC(O)CO)C(F)(F)F. The lowest BCUT2D eigenvalue weighted by atomic mass is 10.0. The quantitative estimate of drug-likeness (QED) is 0.664. The lowest BCUT2D eigenvalue weighted by Crippen LogP contribution is -2.26. The number of aliphatic hydroxyl groups is 2. The summed E-state index contributed by atoms with van der Waals surface area (Å²) in [5, 5.41) is 16.9. The first-order valence-electron chi connectivity index (χ1n) is 3.23. The third kappa shape index (κ3) is 4.21. The van der Waals surface area contributed by atoms with Gasteiger partial charge in [-0.05, 0) is 6.42 Å². The number of rotatable bonds is 3. The molecule has 0 aromatic rings. The van der Waals surface area contributed by atoms with Gasteiger partial charge >= 0.3 is 6.18 Å². The van der Waals surface area contributed by atoms with Gasteiger partial charge < -0.3 is 10.2 Å². The van der Waals surface area contributed by atoms with Crippen molar-refractivity contribution in [1.29, 1.82) is 0 Å². The van der Waals surface area contributed by atoms with Crippen LogP contribution in [0.3, 0.4) is 0 Å². The molecule has 0 spiro atoms. The number of halogens is 3. The molecule has 2 atom stereocenters. The molecule has 2 nitrogen and oxygen atoms in total. The van der Waals surface area contributed by atoms with Crippen molar-refractivity contribution in [2.45, 2.75) is 25.6 Å². The molecule has 68 valence electrons. The van der Waals surface area contributed by atoms with E-state index >= 15 is 0 Å². The zero-order valence-corrected chi connectivity index (χ0v) is 6.10. The second-order valence-corrected chi connectivity index (χ2v) is 2.51. The molecule has 5 heteroatoms. The predicted octanol–water partition coefficient (Wildman–Crippen LogP) is 0.928. The van der Waals surface area contributed by atoms with Crippen LogP contribution in [0.4, 0.5) is 13.2 Å². The maximum Gasteiger partial charge on any atom is 0.391 e. The Morgan fingerprint density at radius 1 is 1.36 bits per heavy atom. The van der Waals surface area contributed by atoms with Gasteiger partial charge in [0.15, 0.2) is 0 Å². The van der Waals surface area contributed by atoms with E-state index in [1.807, 2.05) is 0 Å². The van der Waals surface area contributed by atoms with Crippen LogP contribution in [0, 0.1) is 5.92 Å². The van der Waals surface area contributed by atoms with Gasteiger partial charge in [0.25, 0.3) is 0 Å². The fraction of sp³-hybridized carbons (Fsp3) is 1.00. The fourth-order valence-corrected chi connectivity index (χ4v) is 0.616. The fourth-order valence-electron chi connectivity index (χ4n) is 0.616. The Morgan fingerprint density at radius 2 is 1.82 bits per heavy atom. The minimum Gasteiger partial charge on any atom is -0.394 e. The van der Waals surface area contributed by atoms with Gasteiger partial charge in [-0.25, -0.2) is 0 Å². The molecule has 2 unspecified atom stereocenters. The van der Waals surface area contributed by atoms with Gasteiger partial charge in [0, 0.05) is 0 Å². The van der Waals surface area contributed by atoms with E-state index in [-0.39, 0.29) is 0 Å². The normalized spacial score (nSPS) is 18.0. The number of hydrogen-bond donors (Lipinski definition) is 2. The molecule has 0 saturated heterocycles. The smallest absolute Gasteiger partial charge is 0.391 e. The Labute approximate surface area is 62.6 Å². The van der Waals surface area contributed by atoms with Crippen LogP contribution >= 0.6 is 0 Å². The van der Waals surface area contributed by atoms with Crippen molar-refractivity contribution >= 4 is 0 Å². The molecule has 0 aliphatic carbocycles. The first-order valence-corrected chi connectivity index (χ1v) is 3.23. The summed E-state index contributed by atoms with van der Waals surface area (Å²) in [7, 11) is 0. The molecule has 11 heavy (non-hydrogen) atoms. The summed E-state index contributed by atoms with van der Waals surface area (Å²) in [6.07, 6.45) is -6.00. The van der Waals surface area contributed by atoms with Crippen molar-refractivity contribution in [3.05, 3.63) is 0 Å². The molecule has 2 N–H and O–H groups in total. The van der Waals surface area contributed by atoms with E-state index < -0.39 is 31.2 Å². The third-order valence-corrected chi connectivity index (χ3v) is 1.40. The highest BCUT2D eigenvalue weighted by Gasteiger charge is 2.36. The largest absolute Gasteiger partial charge is 0.394 e. The molecule has 0 radical (unpaired) electrons. The van der Waals surface area contributed by atoms with Crippen molar-refractivity contribution < 1.29 is 23.4 Å². The molecule has 0 aromatic heterocycles. The lowest BCUT2D eigenvalue weighted by Gasteiger charge is -2.17. The van der Waals surface area contributed by atoms with Gasteiger partial charge in [-0.3, -0.25) is 0 Å². The van der Waals surface area contributed by atoms with Crippen molar-refractivity contribution in [3.8, 4) is 0 Å². The summed E-state index contributed by atoms with van der Waals surface area (Å²) in [4.78, 5) is 0. The van der Waals surface area contributed by atoms with Gasteiger partial charge in [-0.2, -0.15) is 13.2 Å². The van der Waals surface area contributed by atoms with E-state index in [0.717, 1.165) is 6.92 Å². The zero-order chi connectivity index (χ0) is 9.07. The summed E-state index contributed by atoms with van der Waals surface area (Å²) in [5.74, 6) is -1.57. The number of hydrogen-bond acceptors (Lipinski definition) is 2. The third-order valence-electron chi connectivity index (χ3n) is 1.40. The minimum atomic E-state index is -4.28. The first-order chi connectivity index (χ1) is 4.88. The van der Waals surface area contributed by atoms with E-state index in [0.29, 0.717) is 0 Å². The predicted molar refractivity (Wildman–Crippen MR) is 32.9 cm³/mol. The Bertz CT molecular complexity index is 113. The van der Waals surface area contributed by atoms with Crippen molar-refractivity contribution in [1.82, 2.24) is 0 Å². The minimum absolute atomic E-state index is 0.444. The second kappa shape index (κ2) is 3.92. The zero-order valence-electron chi connectivity index (χ0n) is 6.10. The van der Waals surface area contributed by atoms with Crippen molar-refractivity contribution in [3.63, 3.8) is 0 Å². The van der Waals surface area contributed by atoms with Crippen LogP contribution in [0.2, 0.25) is 0 Å². The number of alkyl halides is 3. The van der Waals surface area contributed by atoms with Crippen LogP contribution in [0.25, 0.3) is 0 Å². The number of aliphatic hydroxyl groups excluding tert-OH is 2. The average molecular weight is 172 g/mol. The maximum absolute atomic E-state index is 11.8. The highest BCUT2D eigenvalue weighted by molar-refractivity contribution is 4.66. The molecule has 0 aliphatic heterocycles. The van der Waals surface area contributed by atoms with Gasteiger partial charge in [-0.1, -0.05) is 6.92 Å². The Hall–Kier alpha value is -0.290. The van der Waals surface area contributed by atoms with Gasteiger partial charge in [0.1, 0.15) is 0 Å². The lowest BCUT2D eigenvalue weighted by molar-refractivity contribution is -0.177. The summed E-state index contributed by atoms with van der Waals surface area (Å²) in [6, 6.07) is 0. The van der Waals surface area contributed by atoms with Gasteiger partial charge in [0.05, 0.1) is 18.6 Å². The van der Waals surface area contributed by atoms with Crippen LogP contribution in [0.5, 0.6) is 0 Å².